The number of benzene rings is 1. The van der Waals surface area contributed by atoms with Crippen LogP contribution in [-0.2, 0) is 9.53 Å². The largest absolute Gasteiger partial charge is 0.465 e. The number of nitrogens with zero attached hydrogens (tertiary/aromatic N) is 5. The number of thioether (sulfide) groups is 1. The van der Waals surface area contributed by atoms with Crippen LogP contribution in [0.3, 0.4) is 0 Å². The van der Waals surface area contributed by atoms with E-state index in [0.717, 1.165) is 17.3 Å². The molecule has 0 amide bonds. The molecule has 4 rings (SSSR count). The van der Waals surface area contributed by atoms with Crippen LogP contribution in [0.2, 0.25) is 0 Å². The third-order valence-electron chi connectivity index (χ3n) is 4.36. The van der Waals surface area contributed by atoms with Crippen molar-refractivity contribution in [3.05, 3.63) is 64.5 Å². The van der Waals surface area contributed by atoms with Crippen LogP contribution >= 0.6 is 11.8 Å². The first kappa shape index (κ1) is 18.9. The number of para-hydroxylation sites is 1. The Labute approximate surface area is 169 Å². The molecule has 2 aromatic heterocycles. The normalized spacial score (nSPS) is 17.8. The second-order valence-electron chi connectivity index (χ2n) is 6.09. The van der Waals surface area contributed by atoms with Crippen molar-refractivity contribution in [3.63, 3.8) is 0 Å². The summed E-state index contributed by atoms with van der Waals surface area (Å²) < 4.78 is 6.84. The first-order valence-electron chi connectivity index (χ1n) is 8.79. The molecule has 0 saturated heterocycles. The summed E-state index contributed by atoms with van der Waals surface area (Å²) in [6.45, 7) is 1.91. The van der Waals surface area contributed by atoms with Gasteiger partial charge in [-0.3, -0.25) is 19.9 Å². The monoisotopic (exact) mass is 412 g/mol. The first-order valence-corrected chi connectivity index (χ1v) is 9.67. The zero-order valence-corrected chi connectivity index (χ0v) is 16.1. The molecule has 0 unspecified atom stereocenters. The van der Waals surface area contributed by atoms with Crippen LogP contribution in [0.15, 0.2) is 53.9 Å². The lowest BCUT2D eigenvalue weighted by Crippen LogP contribution is -2.40. The SMILES string of the molecule is CCOC(=O)[C@@H]1Sc2nnc(-c3ccncc3)n2N[C@@H]1c1ccccc1[N+](=O)[O-]. The van der Waals surface area contributed by atoms with E-state index in [9.17, 15) is 14.9 Å². The number of hydrogen-bond donors (Lipinski definition) is 1. The van der Waals surface area contributed by atoms with Crippen molar-refractivity contribution >= 4 is 23.4 Å². The van der Waals surface area contributed by atoms with Crippen molar-refractivity contribution in [1.29, 1.82) is 0 Å². The third-order valence-corrected chi connectivity index (χ3v) is 5.56. The van der Waals surface area contributed by atoms with Crippen LogP contribution in [0.1, 0.15) is 18.5 Å². The standard InChI is InChI=1S/C18H16N6O4S/c1-2-28-17(25)15-14(12-5-3-4-6-13(12)24(26)27)22-23-16(20-21-18(23)29-15)11-7-9-19-10-8-11/h3-10,14-15,22H,2H2,1H3/t14-,15-/m1/s1. The van der Waals surface area contributed by atoms with Crippen molar-refractivity contribution < 1.29 is 14.5 Å². The van der Waals surface area contributed by atoms with Gasteiger partial charge in [-0.1, -0.05) is 23.9 Å². The molecule has 1 aromatic carbocycles. The highest BCUT2D eigenvalue weighted by Gasteiger charge is 2.41. The molecular formula is C18H16N6O4S. The summed E-state index contributed by atoms with van der Waals surface area (Å²) in [5, 5.41) is 19.6. The van der Waals surface area contributed by atoms with Gasteiger partial charge in [0.25, 0.3) is 5.69 Å². The second-order valence-corrected chi connectivity index (χ2v) is 7.20. The summed E-state index contributed by atoms with van der Waals surface area (Å²) in [5.74, 6) is 0.0358. The van der Waals surface area contributed by atoms with Gasteiger partial charge in [0.2, 0.25) is 5.16 Å². The Morgan fingerprint density at radius 3 is 2.76 bits per heavy atom. The fraction of sp³-hybridized carbons (Fsp3) is 0.222. The summed E-state index contributed by atoms with van der Waals surface area (Å²) in [6.07, 6.45) is 3.27. The number of nitro benzene ring substituents is 1. The number of carbonyl (C=O) groups is 1. The number of ether oxygens (including phenoxy) is 1. The number of carbonyl (C=O) groups excluding carboxylic acids is 1. The fourth-order valence-corrected chi connectivity index (χ4v) is 4.16. The maximum absolute atomic E-state index is 12.6. The van der Waals surface area contributed by atoms with E-state index in [0.29, 0.717) is 16.5 Å². The van der Waals surface area contributed by atoms with Crippen molar-refractivity contribution in [2.75, 3.05) is 12.0 Å². The summed E-state index contributed by atoms with van der Waals surface area (Å²) in [5.41, 5.74) is 4.25. The topological polar surface area (TPSA) is 125 Å². The number of nitro groups is 1. The maximum atomic E-state index is 12.6. The predicted octanol–water partition coefficient (Wildman–Crippen LogP) is 2.57. The molecule has 29 heavy (non-hydrogen) atoms. The molecular weight excluding hydrogens is 396 g/mol. The van der Waals surface area contributed by atoms with Gasteiger partial charge in [-0.2, -0.15) is 0 Å². The molecule has 0 fully saturated rings. The van der Waals surface area contributed by atoms with Crippen molar-refractivity contribution in [2.24, 2.45) is 0 Å². The number of esters is 1. The molecule has 2 atom stereocenters. The molecule has 11 heteroatoms. The van der Waals surface area contributed by atoms with E-state index in [4.69, 9.17) is 4.74 Å². The fourth-order valence-electron chi connectivity index (χ4n) is 3.10. The third kappa shape index (κ3) is 3.51. The molecule has 0 aliphatic carbocycles. The highest BCUT2D eigenvalue weighted by Crippen LogP contribution is 2.41. The molecule has 0 bridgehead atoms. The van der Waals surface area contributed by atoms with E-state index in [2.05, 4.69) is 20.6 Å². The molecule has 0 spiro atoms. The van der Waals surface area contributed by atoms with Crippen molar-refractivity contribution in [1.82, 2.24) is 19.9 Å². The van der Waals surface area contributed by atoms with Gasteiger partial charge in [0, 0.05) is 24.0 Å². The van der Waals surface area contributed by atoms with E-state index in [1.807, 2.05) is 0 Å². The average Bonchev–Trinajstić information content (AvgIpc) is 3.16. The number of nitrogens with one attached hydrogen (secondary N) is 1. The summed E-state index contributed by atoms with van der Waals surface area (Å²) in [4.78, 5) is 27.7. The van der Waals surface area contributed by atoms with Gasteiger partial charge in [-0.05, 0) is 25.1 Å². The number of fused-ring (bicyclic) bond motifs is 1. The molecule has 1 N–H and O–H groups in total. The van der Waals surface area contributed by atoms with E-state index in [-0.39, 0.29) is 12.3 Å². The van der Waals surface area contributed by atoms with E-state index in [1.165, 1.54) is 6.07 Å². The van der Waals surface area contributed by atoms with Crippen LogP contribution in [0.4, 0.5) is 5.69 Å². The first-order chi connectivity index (χ1) is 14.1. The average molecular weight is 412 g/mol. The number of rotatable bonds is 5. The number of pyridine rings is 1. The lowest BCUT2D eigenvalue weighted by atomic mass is 10.0. The number of aromatic nitrogens is 4. The molecule has 0 saturated carbocycles. The maximum Gasteiger partial charge on any atom is 0.322 e. The van der Waals surface area contributed by atoms with E-state index in [1.54, 1.807) is 54.3 Å². The Morgan fingerprint density at radius 1 is 1.28 bits per heavy atom. The Bertz CT molecular complexity index is 1060. The quantitative estimate of drug-likeness (QED) is 0.382. The van der Waals surface area contributed by atoms with Crippen molar-refractivity contribution in [2.45, 2.75) is 23.4 Å². The Balaban J connectivity index is 1.81. The van der Waals surface area contributed by atoms with Gasteiger partial charge in [-0.25, -0.2) is 4.68 Å². The van der Waals surface area contributed by atoms with E-state index < -0.39 is 22.2 Å². The van der Waals surface area contributed by atoms with Crippen LogP contribution in [0, 0.1) is 10.1 Å². The van der Waals surface area contributed by atoms with E-state index >= 15 is 0 Å². The molecule has 0 radical (unpaired) electrons. The summed E-state index contributed by atoms with van der Waals surface area (Å²) >= 11 is 1.16. The van der Waals surface area contributed by atoms with Crippen LogP contribution in [0.25, 0.3) is 11.4 Å². The van der Waals surface area contributed by atoms with Crippen molar-refractivity contribution in [3.8, 4) is 11.4 Å². The molecule has 3 aromatic rings. The van der Waals surface area contributed by atoms with Gasteiger partial charge in [0.15, 0.2) is 5.82 Å². The lowest BCUT2D eigenvalue weighted by molar-refractivity contribution is -0.385. The second kappa shape index (κ2) is 7.87. The Kier molecular flexibility index (Phi) is 5.12. The molecule has 1 aliphatic heterocycles. The predicted molar refractivity (Wildman–Crippen MR) is 105 cm³/mol. The van der Waals surface area contributed by atoms with Gasteiger partial charge in [-0.15, -0.1) is 10.2 Å². The molecule has 1 aliphatic rings. The van der Waals surface area contributed by atoms with Gasteiger partial charge in [0.05, 0.1) is 23.1 Å². The van der Waals surface area contributed by atoms with Gasteiger partial charge < -0.3 is 10.2 Å². The Morgan fingerprint density at radius 2 is 2.03 bits per heavy atom. The minimum atomic E-state index is -0.766. The molecule has 3 heterocycles. The summed E-state index contributed by atoms with van der Waals surface area (Å²) in [6, 6.07) is 9.16. The van der Waals surface area contributed by atoms with Gasteiger partial charge in [0.1, 0.15) is 5.25 Å². The minimum absolute atomic E-state index is 0.0816. The molecule has 148 valence electrons. The number of hydrogen-bond acceptors (Lipinski definition) is 9. The molecule has 10 nitrogen and oxygen atoms in total. The zero-order valence-electron chi connectivity index (χ0n) is 15.3. The van der Waals surface area contributed by atoms with Crippen LogP contribution < -0.4 is 5.43 Å². The zero-order chi connectivity index (χ0) is 20.4. The summed E-state index contributed by atoms with van der Waals surface area (Å²) in [7, 11) is 0. The highest BCUT2D eigenvalue weighted by atomic mass is 32.2. The highest BCUT2D eigenvalue weighted by molar-refractivity contribution is 8.00. The van der Waals surface area contributed by atoms with Gasteiger partial charge >= 0.3 is 5.97 Å². The lowest BCUT2D eigenvalue weighted by Gasteiger charge is -2.32. The smallest absolute Gasteiger partial charge is 0.322 e. The van der Waals surface area contributed by atoms with Crippen LogP contribution in [-0.4, -0.2) is 42.6 Å². The Hall–Kier alpha value is -3.47. The van der Waals surface area contributed by atoms with Crippen LogP contribution in [0.5, 0.6) is 0 Å². The minimum Gasteiger partial charge on any atom is -0.465 e.